The number of pyridine rings is 1. The second-order valence-corrected chi connectivity index (χ2v) is 6.97. The number of benzene rings is 2. The first-order valence-electron chi connectivity index (χ1n) is 10.1. The van der Waals surface area contributed by atoms with E-state index in [2.05, 4.69) is 4.98 Å². The number of rotatable bonds is 7. The Balaban J connectivity index is 0.000000243. The number of nitrogens with zero attached hydrogens (tertiary/aromatic N) is 1. The van der Waals surface area contributed by atoms with Crippen LogP contribution in [0.4, 0.5) is 5.69 Å². The average molecular weight is 442 g/mol. The zero-order valence-corrected chi connectivity index (χ0v) is 17.8. The number of fused-ring (bicyclic) bond motifs is 1. The molecule has 3 aromatic rings. The van der Waals surface area contributed by atoms with Crippen molar-refractivity contribution in [3.8, 4) is 0 Å². The molecule has 0 radical (unpaired) electrons. The van der Waals surface area contributed by atoms with Crippen LogP contribution in [0.3, 0.4) is 0 Å². The predicted molar refractivity (Wildman–Crippen MR) is 126 cm³/mol. The van der Waals surface area contributed by atoms with E-state index in [0.29, 0.717) is 31.5 Å². The van der Waals surface area contributed by atoms with E-state index in [1.165, 1.54) is 0 Å². The van der Waals surface area contributed by atoms with Crippen molar-refractivity contribution < 1.29 is 19.8 Å². The van der Waals surface area contributed by atoms with Gasteiger partial charge in [-0.25, -0.2) is 0 Å². The lowest BCUT2D eigenvalue weighted by atomic mass is 10.1. The van der Waals surface area contributed by atoms with Crippen LogP contribution >= 0.6 is 0 Å². The molecule has 0 aliphatic carbocycles. The number of nitrogens with two attached hydrogens (primary N) is 4. The van der Waals surface area contributed by atoms with Crippen molar-refractivity contribution in [3.05, 3.63) is 72.4 Å². The molecule has 2 unspecified atom stereocenters. The summed E-state index contributed by atoms with van der Waals surface area (Å²) < 4.78 is 0. The van der Waals surface area contributed by atoms with Crippen molar-refractivity contribution in [3.63, 3.8) is 0 Å². The smallest absolute Gasteiger partial charge is 0.320 e. The first kappa shape index (κ1) is 26.5. The summed E-state index contributed by atoms with van der Waals surface area (Å²) in [7, 11) is 0. The molecule has 0 fully saturated rings. The van der Waals surface area contributed by atoms with Crippen LogP contribution in [-0.2, 0) is 16.0 Å². The maximum absolute atomic E-state index is 10.4. The third-order valence-corrected chi connectivity index (χ3v) is 4.26. The molecule has 0 spiro atoms. The number of hydrogen-bond donors (Lipinski definition) is 6. The van der Waals surface area contributed by atoms with E-state index in [0.717, 1.165) is 16.5 Å². The molecule has 0 aliphatic rings. The first-order valence-corrected chi connectivity index (χ1v) is 10.1. The van der Waals surface area contributed by atoms with Crippen LogP contribution in [0.25, 0.3) is 10.9 Å². The second kappa shape index (κ2) is 14.5. The Morgan fingerprint density at radius 1 is 0.906 bits per heavy atom. The summed E-state index contributed by atoms with van der Waals surface area (Å²) in [6.07, 6.45) is 3.19. The first-order chi connectivity index (χ1) is 15.2. The van der Waals surface area contributed by atoms with Crippen molar-refractivity contribution in [2.75, 3.05) is 12.3 Å². The monoisotopic (exact) mass is 441 g/mol. The molecule has 2 atom stereocenters. The molecule has 0 amide bonds. The maximum Gasteiger partial charge on any atom is 0.320 e. The number of para-hydroxylation sites is 1. The zero-order chi connectivity index (χ0) is 23.9. The number of anilines is 1. The molecule has 172 valence electrons. The highest BCUT2D eigenvalue weighted by molar-refractivity contribution is 5.80. The molecule has 3 rings (SSSR count). The van der Waals surface area contributed by atoms with Gasteiger partial charge in [0.05, 0.1) is 17.4 Å². The molecular weight excluding hydrogens is 410 g/mol. The van der Waals surface area contributed by atoms with E-state index in [1.807, 2.05) is 60.7 Å². The van der Waals surface area contributed by atoms with Gasteiger partial charge >= 0.3 is 11.9 Å². The Morgan fingerprint density at radius 2 is 1.50 bits per heavy atom. The molecule has 1 heterocycles. The lowest BCUT2D eigenvalue weighted by Crippen LogP contribution is -2.32. The van der Waals surface area contributed by atoms with Crippen LogP contribution in [-0.4, -0.2) is 45.8 Å². The van der Waals surface area contributed by atoms with Gasteiger partial charge in [-0.15, -0.1) is 0 Å². The topological polar surface area (TPSA) is 192 Å². The van der Waals surface area contributed by atoms with Crippen molar-refractivity contribution in [2.24, 2.45) is 17.2 Å². The molecule has 0 bridgehead atoms. The Kier molecular flexibility index (Phi) is 12.0. The fraction of sp³-hybridized carbons (Fsp3) is 0.261. The number of carboxylic acids is 2. The normalized spacial score (nSPS) is 11.8. The van der Waals surface area contributed by atoms with Gasteiger partial charge in [0, 0.05) is 5.39 Å². The van der Waals surface area contributed by atoms with Crippen molar-refractivity contribution >= 4 is 28.5 Å². The van der Waals surface area contributed by atoms with Gasteiger partial charge in [0.2, 0.25) is 0 Å². The predicted octanol–water partition coefficient (Wildman–Crippen LogP) is 1.60. The highest BCUT2D eigenvalue weighted by Gasteiger charge is 2.11. The Morgan fingerprint density at radius 3 is 2.09 bits per heavy atom. The van der Waals surface area contributed by atoms with E-state index in [-0.39, 0.29) is 0 Å². The Hall–Kier alpha value is -3.53. The number of aromatic nitrogens is 1. The minimum Gasteiger partial charge on any atom is -0.480 e. The van der Waals surface area contributed by atoms with E-state index in [4.69, 9.17) is 33.1 Å². The van der Waals surface area contributed by atoms with Gasteiger partial charge in [0.15, 0.2) is 0 Å². The van der Waals surface area contributed by atoms with Crippen molar-refractivity contribution in [1.82, 2.24) is 4.98 Å². The summed E-state index contributed by atoms with van der Waals surface area (Å²) in [6, 6.07) is 17.6. The summed E-state index contributed by atoms with van der Waals surface area (Å²) in [5.41, 5.74) is 23.8. The molecular formula is C23H31N5O4. The summed E-state index contributed by atoms with van der Waals surface area (Å²) >= 11 is 0. The molecule has 32 heavy (non-hydrogen) atoms. The minimum atomic E-state index is -0.959. The standard InChI is InChI=1S/C9H8N2.C9H11NO2.C5H12N2O2/c10-8-5-7-3-1-2-4-9(7)11-6-8;10-8(9(11)12)6-7-4-2-1-3-5-7;6-3-1-2-4(7)5(8)9/h1-6H,10H2;1-5,8H,6,10H2,(H,11,12);4H,1-3,6-7H2,(H,8,9). The molecule has 1 aromatic heterocycles. The van der Waals surface area contributed by atoms with Crippen LogP contribution in [0.5, 0.6) is 0 Å². The Labute approximate surface area is 187 Å². The number of nitrogen functional groups attached to an aromatic ring is 1. The molecule has 2 aromatic carbocycles. The number of carboxylic acid groups (broad SMARTS) is 2. The van der Waals surface area contributed by atoms with Crippen molar-refractivity contribution in [2.45, 2.75) is 31.3 Å². The summed E-state index contributed by atoms with van der Waals surface area (Å²) in [6.45, 7) is 0.501. The van der Waals surface area contributed by atoms with E-state index in [1.54, 1.807) is 6.20 Å². The van der Waals surface area contributed by atoms with Gasteiger partial charge in [-0.2, -0.15) is 0 Å². The fourth-order valence-electron chi connectivity index (χ4n) is 2.50. The third-order valence-electron chi connectivity index (χ3n) is 4.26. The molecule has 9 nitrogen and oxygen atoms in total. The van der Waals surface area contributed by atoms with Gasteiger partial charge < -0.3 is 33.1 Å². The largest absolute Gasteiger partial charge is 0.480 e. The van der Waals surface area contributed by atoms with Gasteiger partial charge in [0.1, 0.15) is 12.1 Å². The van der Waals surface area contributed by atoms with Crippen LogP contribution in [0.2, 0.25) is 0 Å². The summed E-state index contributed by atoms with van der Waals surface area (Å²) in [5.74, 6) is -1.91. The SMILES string of the molecule is NC(Cc1ccccc1)C(=O)O.NCCCC(N)C(=O)O.Nc1cnc2ccccc2c1. The number of hydrogen-bond acceptors (Lipinski definition) is 7. The highest BCUT2D eigenvalue weighted by atomic mass is 16.4. The highest BCUT2D eigenvalue weighted by Crippen LogP contribution is 2.12. The van der Waals surface area contributed by atoms with Crippen molar-refractivity contribution in [1.29, 1.82) is 0 Å². The van der Waals surface area contributed by atoms with Gasteiger partial charge in [-0.05, 0) is 43.5 Å². The third kappa shape index (κ3) is 10.5. The van der Waals surface area contributed by atoms with Gasteiger partial charge in [-0.3, -0.25) is 14.6 Å². The Bertz CT molecular complexity index is 969. The average Bonchev–Trinajstić information content (AvgIpc) is 2.78. The molecule has 0 saturated carbocycles. The summed E-state index contributed by atoms with van der Waals surface area (Å²) in [5, 5.41) is 17.9. The maximum atomic E-state index is 10.4. The summed E-state index contributed by atoms with van der Waals surface area (Å²) in [4.78, 5) is 24.6. The van der Waals surface area contributed by atoms with Crippen LogP contribution in [0, 0.1) is 0 Å². The second-order valence-electron chi connectivity index (χ2n) is 6.97. The minimum absolute atomic E-state index is 0.385. The van der Waals surface area contributed by atoms with Crippen LogP contribution < -0.4 is 22.9 Å². The van der Waals surface area contributed by atoms with E-state index < -0.39 is 24.0 Å². The van der Waals surface area contributed by atoms with E-state index >= 15 is 0 Å². The van der Waals surface area contributed by atoms with Gasteiger partial charge in [0.25, 0.3) is 0 Å². The lowest BCUT2D eigenvalue weighted by molar-refractivity contribution is -0.139. The quantitative estimate of drug-likeness (QED) is 0.316. The lowest BCUT2D eigenvalue weighted by Gasteiger charge is -2.04. The molecule has 10 N–H and O–H groups in total. The van der Waals surface area contributed by atoms with E-state index in [9.17, 15) is 9.59 Å². The van der Waals surface area contributed by atoms with Crippen LogP contribution in [0.1, 0.15) is 18.4 Å². The number of aliphatic carboxylic acids is 2. The molecule has 9 heteroatoms. The number of carbonyl (C=O) groups is 2. The van der Waals surface area contributed by atoms with Crippen LogP contribution in [0.15, 0.2) is 66.9 Å². The van der Waals surface area contributed by atoms with Gasteiger partial charge in [-0.1, -0.05) is 48.5 Å². The molecule has 0 saturated heterocycles. The molecule has 0 aliphatic heterocycles. The zero-order valence-electron chi connectivity index (χ0n) is 17.8. The fourth-order valence-corrected chi connectivity index (χ4v) is 2.50.